The molecule has 0 radical (unpaired) electrons. The molecule has 4 rings (SSSR count). The van der Waals surface area contributed by atoms with Crippen molar-refractivity contribution in [2.45, 2.75) is 31.1 Å². The number of nitrogens with zero attached hydrogens (tertiary/aromatic N) is 3. The smallest absolute Gasteiger partial charge is 0.247 e. The molecule has 7 nitrogen and oxygen atoms in total. The summed E-state index contributed by atoms with van der Waals surface area (Å²) in [7, 11) is 3.25. The van der Waals surface area contributed by atoms with E-state index >= 15 is 0 Å². The number of fused-ring (bicyclic) bond motifs is 3. The van der Waals surface area contributed by atoms with Crippen molar-refractivity contribution in [3.8, 4) is 28.6 Å². The van der Waals surface area contributed by atoms with Crippen LogP contribution in [0.25, 0.3) is 11.3 Å². The molecule has 1 aromatic heterocycles. The minimum Gasteiger partial charge on any atom is -0.497 e. The molecule has 8 heteroatoms. The third kappa shape index (κ3) is 4.14. The Labute approximate surface area is 180 Å². The number of benzene rings is 2. The highest BCUT2D eigenvalue weighted by Gasteiger charge is 2.28. The van der Waals surface area contributed by atoms with E-state index in [1.165, 1.54) is 0 Å². The van der Waals surface area contributed by atoms with Gasteiger partial charge in [0.25, 0.3) is 0 Å². The van der Waals surface area contributed by atoms with Gasteiger partial charge < -0.3 is 19.5 Å². The summed E-state index contributed by atoms with van der Waals surface area (Å²) in [6.07, 6.45) is 1.71. The third-order valence-corrected chi connectivity index (χ3v) is 5.71. The van der Waals surface area contributed by atoms with Gasteiger partial charge in [0.05, 0.1) is 19.8 Å². The molecule has 0 bridgehead atoms. The normalized spacial score (nSPS) is 14.6. The summed E-state index contributed by atoms with van der Waals surface area (Å²) < 4.78 is 17.2. The largest absolute Gasteiger partial charge is 0.497 e. The molecule has 0 saturated carbocycles. The van der Waals surface area contributed by atoms with E-state index in [-0.39, 0.29) is 0 Å². The second kappa shape index (κ2) is 9.21. The van der Waals surface area contributed by atoms with Crippen LogP contribution < -0.4 is 19.5 Å². The summed E-state index contributed by atoms with van der Waals surface area (Å²) >= 11 is 1.59. The van der Waals surface area contributed by atoms with Gasteiger partial charge >= 0.3 is 0 Å². The number of unbranched alkanes of at least 4 members (excludes halogenated alkanes) is 1. The summed E-state index contributed by atoms with van der Waals surface area (Å²) in [5.74, 6) is 2.77. The second-order valence-corrected chi connectivity index (χ2v) is 7.81. The van der Waals surface area contributed by atoms with Crippen LogP contribution in [0.15, 0.2) is 47.6 Å². The topological polar surface area (TPSA) is 78.4 Å². The first-order valence-electron chi connectivity index (χ1n) is 9.85. The SMILES string of the molecule is CCCCSc1nnc2c(n1)O[C@@H](c1ccc(OC)cc1OC)Nc1ccccc1-2. The summed E-state index contributed by atoms with van der Waals surface area (Å²) in [6, 6.07) is 13.5. The van der Waals surface area contributed by atoms with Gasteiger partial charge in [0.2, 0.25) is 17.3 Å². The number of aromatic nitrogens is 3. The van der Waals surface area contributed by atoms with E-state index in [2.05, 4.69) is 27.4 Å². The highest BCUT2D eigenvalue weighted by atomic mass is 32.2. The number of hydrogen-bond donors (Lipinski definition) is 1. The van der Waals surface area contributed by atoms with E-state index in [1.54, 1.807) is 26.0 Å². The van der Waals surface area contributed by atoms with Crippen molar-refractivity contribution in [3.63, 3.8) is 0 Å². The van der Waals surface area contributed by atoms with Crippen molar-refractivity contribution in [3.05, 3.63) is 48.0 Å². The van der Waals surface area contributed by atoms with E-state index in [0.717, 1.165) is 35.4 Å². The fourth-order valence-corrected chi connectivity index (χ4v) is 4.05. The van der Waals surface area contributed by atoms with Crippen LogP contribution in [-0.2, 0) is 0 Å². The monoisotopic (exact) mass is 424 g/mol. The Balaban J connectivity index is 1.76. The second-order valence-electron chi connectivity index (χ2n) is 6.75. The average Bonchev–Trinajstić information content (AvgIpc) is 2.95. The molecular formula is C22H24N4O3S. The minimum atomic E-state index is -0.515. The fraction of sp³-hybridized carbons (Fsp3) is 0.318. The number of rotatable bonds is 7. The number of nitrogens with one attached hydrogen (secondary N) is 1. The summed E-state index contributed by atoms with van der Waals surface area (Å²) in [5.41, 5.74) is 3.24. The summed E-state index contributed by atoms with van der Waals surface area (Å²) in [4.78, 5) is 4.67. The zero-order chi connectivity index (χ0) is 20.9. The molecule has 2 aromatic carbocycles. The molecule has 1 aliphatic heterocycles. The maximum atomic E-state index is 6.33. The van der Waals surface area contributed by atoms with Gasteiger partial charge in [0.15, 0.2) is 5.69 Å². The maximum Gasteiger partial charge on any atom is 0.247 e. The predicted molar refractivity (Wildman–Crippen MR) is 117 cm³/mol. The van der Waals surface area contributed by atoms with Gasteiger partial charge in [-0.15, -0.1) is 10.2 Å². The van der Waals surface area contributed by atoms with E-state index < -0.39 is 6.23 Å². The molecule has 1 N–H and O–H groups in total. The molecule has 0 spiro atoms. The lowest BCUT2D eigenvalue weighted by Gasteiger charge is -2.21. The quantitative estimate of drug-likeness (QED) is 0.422. The number of hydrogen-bond acceptors (Lipinski definition) is 8. The maximum absolute atomic E-state index is 6.33. The molecular weight excluding hydrogens is 400 g/mol. The molecule has 0 saturated heterocycles. The van der Waals surface area contributed by atoms with E-state index in [4.69, 9.17) is 14.2 Å². The molecule has 1 aliphatic rings. The van der Waals surface area contributed by atoms with Crippen LogP contribution in [0.1, 0.15) is 31.6 Å². The first kappa shape index (κ1) is 20.3. The van der Waals surface area contributed by atoms with Crippen LogP contribution in [0.2, 0.25) is 0 Å². The number of methoxy groups -OCH3 is 2. The van der Waals surface area contributed by atoms with Gasteiger partial charge in [0, 0.05) is 23.1 Å². The number of para-hydroxylation sites is 1. The van der Waals surface area contributed by atoms with Crippen molar-refractivity contribution < 1.29 is 14.2 Å². The highest BCUT2D eigenvalue weighted by Crippen LogP contribution is 2.41. The summed E-state index contributed by atoms with van der Waals surface area (Å²) in [5, 5.41) is 12.8. The van der Waals surface area contributed by atoms with Gasteiger partial charge in [-0.2, -0.15) is 4.98 Å². The van der Waals surface area contributed by atoms with Crippen LogP contribution in [0.4, 0.5) is 5.69 Å². The Kier molecular flexibility index (Phi) is 6.23. The highest BCUT2D eigenvalue weighted by molar-refractivity contribution is 7.99. The molecule has 3 aromatic rings. The van der Waals surface area contributed by atoms with Crippen LogP contribution in [-0.4, -0.2) is 35.2 Å². The Hall–Kier alpha value is -3.00. The molecule has 156 valence electrons. The molecule has 0 fully saturated rings. The molecule has 1 atom stereocenters. The Morgan fingerprint density at radius 1 is 1.10 bits per heavy atom. The van der Waals surface area contributed by atoms with Crippen molar-refractivity contribution in [2.75, 3.05) is 25.3 Å². The number of anilines is 1. The van der Waals surface area contributed by atoms with E-state index in [0.29, 0.717) is 28.2 Å². The summed E-state index contributed by atoms with van der Waals surface area (Å²) in [6.45, 7) is 2.16. The standard InChI is InChI=1S/C22H24N4O3S/c1-4-5-12-30-22-24-21-19(25-26-22)15-8-6-7-9-17(15)23-20(29-21)16-11-10-14(27-2)13-18(16)28-3/h6-11,13,20,23H,4-5,12H2,1-3H3/t20-/m0/s1. The Morgan fingerprint density at radius 2 is 1.97 bits per heavy atom. The zero-order valence-electron chi connectivity index (χ0n) is 17.2. The van der Waals surface area contributed by atoms with Crippen molar-refractivity contribution in [1.29, 1.82) is 0 Å². The first-order valence-corrected chi connectivity index (χ1v) is 10.8. The predicted octanol–water partition coefficient (Wildman–Crippen LogP) is 4.95. The average molecular weight is 425 g/mol. The first-order chi connectivity index (χ1) is 14.7. The van der Waals surface area contributed by atoms with Crippen LogP contribution in [0, 0.1) is 0 Å². The molecule has 0 amide bonds. The lowest BCUT2D eigenvalue weighted by Crippen LogP contribution is -2.18. The van der Waals surface area contributed by atoms with E-state index in [9.17, 15) is 0 Å². The fourth-order valence-electron chi connectivity index (χ4n) is 3.19. The molecule has 30 heavy (non-hydrogen) atoms. The minimum absolute atomic E-state index is 0.448. The Morgan fingerprint density at radius 3 is 2.77 bits per heavy atom. The van der Waals surface area contributed by atoms with E-state index in [1.807, 2.05) is 42.5 Å². The number of ether oxygens (including phenoxy) is 3. The zero-order valence-corrected chi connectivity index (χ0v) is 18.0. The Bertz CT molecular complexity index is 1030. The lowest BCUT2D eigenvalue weighted by molar-refractivity contribution is 0.219. The van der Waals surface area contributed by atoms with Crippen LogP contribution >= 0.6 is 11.8 Å². The lowest BCUT2D eigenvalue weighted by atomic mass is 10.1. The van der Waals surface area contributed by atoms with Crippen LogP contribution in [0.3, 0.4) is 0 Å². The van der Waals surface area contributed by atoms with Crippen molar-refractivity contribution in [1.82, 2.24) is 15.2 Å². The van der Waals surface area contributed by atoms with Crippen molar-refractivity contribution >= 4 is 17.4 Å². The molecule has 0 unspecified atom stereocenters. The number of thioether (sulfide) groups is 1. The molecule has 2 heterocycles. The van der Waals surface area contributed by atoms with Gasteiger partial charge in [0.1, 0.15) is 11.5 Å². The van der Waals surface area contributed by atoms with Gasteiger partial charge in [-0.05, 0) is 24.6 Å². The van der Waals surface area contributed by atoms with Crippen LogP contribution in [0.5, 0.6) is 17.4 Å². The van der Waals surface area contributed by atoms with Gasteiger partial charge in [-0.3, -0.25) is 0 Å². The molecule has 0 aliphatic carbocycles. The third-order valence-electron chi connectivity index (χ3n) is 4.79. The van der Waals surface area contributed by atoms with Crippen molar-refractivity contribution in [2.24, 2.45) is 0 Å². The van der Waals surface area contributed by atoms with Gasteiger partial charge in [-0.25, -0.2) is 0 Å². The van der Waals surface area contributed by atoms with Gasteiger partial charge in [-0.1, -0.05) is 43.3 Å².